The maximum Gasteiger partial charge on any atom is 0.475 e. The van der Waals surface area contributed by atoms with Crippen LogP contribution >= 0.6 is 15.9 Å². The molecule has 0 spiro atoms. The van der Waals surface area contributed by atoms with Crippen molar-refractivity contribution >= 4 is 40.8 Å². The van der Waals surface area contributed by atoms with Gasteiger partial charge in [-0.25, -0.2) is 0 Å². The molecule has 0 saturated heterocycles. The van der Waals surface area contributed by atoms with Crippen LogP contribution in [0, 0.1) is 5.92 Å². The van der Waals surface area contributed by atoms with E-state index in [1.807, 2.05) is 0 Å². The minimum absolute atomic E-state index is 0.110. The van der Waals surface area contributed by atoms with Gasteiger partial charge in [0.25, 0.3) is 5.91 Å². The van der Waals surface area contributed by atoms with E-state index in [9.17, 15) is 24.4 Å². The van der Waals surface area contributed by atoms with Crippen molar-refractivity contribution in [3.8, 4) is 11.5 Å². The summed E-state index contributed by atoms with van der Waals surface area (Å²) in [4.78, 5) is 44.1. The number of pyridine rings is 1. The first-order valence-electron chi connectivity index (χ1n) is 13.7. The molecule has 0 aliphatic heterocycles. The third-order valence-electron chi connectivity index (χ3n) is 6.72. The number of halogens is 1. The predicted molar refractivity (Wildman–Crippen MR) is 165 cm³/mol. The number of methoxy groups -OCH3 is 2. The molecule has 0 aliphatic rings. The summed E-state index contributed by atoms with van der Waals surface area (Å²) >= 11 is 3.32. The molecule has 0 fully saturated rings. The SMILES string of the molecule is COc1ccc(C[C@H](NC(=O)[C@@H](NC(=O)[C@H](Cc2ccc(OC)cc2)NC(=O)c2cc(Br)ccn2)C(C)C)B(O)O)cc1. The van der Waals surface area contributed by atoms with Crippen LogP contribution in [0.5, 0.6) is 11.5 Å². The van der Waals surface area contributed by atoms with Gasteiger partial charge in [-0.3, -0.25) is 19.4 Å². The molecular weight excluding hydrogens is 619 g/mol. The second-order valence-corrected chi connectivity index (χ2v) is 11.2. The molecule has 11 nitrogen and oxygen atoms in total. The summed E-state index contributed by atoms with van der Waals surface area (Å²) in [6, 6.07) is 15.1. The Morgan fingerprint density at radius 3 is 1.88 bits per heavy atom. The summed E-state index contributed by atoms with van der Waals surface area (Å²) < 4.78 is 11.0. The zero-order valence-electron chi connectivity index (χ0n) is 24.4. The molecule has 1 aromatic heterocycles. The van der Waals surface area contributed by atoms with Gasteiger partial charge >= 0.3 is 7.12 Å². The van der Waals surface area contributed by atoms with E-state index < -0.39 is 42.9 Å². The Kier molecular flexibility index (Phi) is 12.5. The molecule has 43 heavy (non-hydrogen) atoms. The Hall–Kier alpha value is -3.94. The highest BCUT2D eigenvalue weighted by molar-refractivity contribution is 9.10. The van der Waals surface area contributed by atoms with Gasteiger partial charge in [-0.2, -0.15) is 0 Å². The number of carbonyl (C=O) groups is 3. The molecule has 0 saturated carbocycles. The first kappa shape index (κ1) is 33.6. The van der Waals surface area contributed by atoms with Gasteiger partial charge in [0, 0.05) is 17.1 Å². The molecule has 3 atom stereocenters. The molecule has 3 amide bonds. The van der Waals surface area contributed by atoms with E-state index in [2.05, 4.69) is 36.9 Å². The molecule has 13 heteroatoms. The second kappa shape index (κ2) is 16.1. The first-order valence-corrected chi connectivity index (χ1v) is 14.4. The van der Waals surface area contributed by atoms with Gasteiger partial charge < -0.3 is 35.5 Å². The van der Waals surface area contributed by atoms with Crippen LogP contribution in [0.3, 0.4) is 0 Å². The number of rotatable bonds is 14. The number of aromatic nitrogens is 1. The van der Waals surface area contributed by atoms with E-state index in [-0.39, 0.29) is 24.5 Å². The topological polar surface area (TPSA) is 159 Å². The quantitative estimate of drug-likeness (QED) is 0.165. The summed E-state index contributed by atoms with van der Waals surface area (Å²) in [6.07, 6.45) is 1.72. The summed E-state index contributed by atoms with van der Waals surface area (Å²) in [5.41, 5.74) is 1.60. The highest BCUT2D eigenvalue weighted by Crippen LogP contribution is 2.16. The summed E-state index contributed by atoms with van der Waals surface area (Å²) in [5, 5.41) is 28.1. The van der Waals surface area contributed by atoms with Crippen LogP contribution in [-0.2, 0) is 22.4 Å². The fourth-order valence-electron chi connectivity index (χ4n) is 4.28. The highest BCUT2D eigenvalue weighted by atomic mass is 79.9. The Morgan fingerprint density at radius 1 is 0.837 bits per heavy atom. The Balaban J connectivity index is 1.78. The molecule has 0 bridgehead atoms. The van der Waals surface area contributed by atoms with Crippen molar-refractivity contribution < 1.29 is 33.9 Å². The number of amides is 3. The van der Waals surface area contributed by atoms with Gasteiger partial charge in [-0.1, -0.05) is 54.0 Å². The average Bonchev–Trinajstić information content (AvgIpc) is 2.99. The molecule has 5 N–H and O–H groups in total. The lowest BCUT2D eigenvalue weighted by molar-refractivity contribution is -0.131. The van der Waals surface area contributed by atoms with Crippen molar-refractivity contribution in [2.24, 2.45) is 5.92 Å². The van der Waals surface area contributed by atoms with Crippen molar-refractivity contribution in [2.45, 2.75) is 44.7 Å². The van der Waals surface area contributed by atoms with Gasteiger partial charge in [0.2, 0.25) is 11.8 Å². The summed E-state index contributed by atoms with van der Waals surface area (Å²) in [5.74, 6) is -1.89. The molecule has 1 heterocycles. The van der Waals surface area contributed by atoms with Crippen LogP contribution in [-0.4, -0.2) is 72.1 Å². The van der Waals surface area contributed by atoms with E-state index in [1.54, 1.807) is 82.7 Å². The monoisotopic (exact) mass is 654 g/mol. The van der Waals surface area contributed by atoms with Crippen molar-refractivity contribution in [3.63, 3.8) is 0 Å². The Labute approximate surface area is 259 Å². The van der Waals surface area contributed by atoms with Gasteiger partial charge in [0.1, 0.15) is 29.3 Å². The van der Waals surface area contributed by atoms with Crippen LogP contribution in [0.1, 0.15) is 35.5 Å². The zero-order valence-corrected chi connectivity index (χ0v) is 26.0. The number of ether oxygens (including phenoxy) is 2. The van der Waals surface area contributed by atoms with Crippen LogP contribution in [0.4, 0.5) is 0 Å². The standard InChI is InChI=1S/C30H36BBrN4O7/c1-18(2)27(30(39)35-26(31(40)41)16-20-7-11-23(43-4)12-8-20)36-29(38)25(15-19-5-9-22(42-3)10-6-19)34-28(37)24-17-21(32)13-14-33-24/h5-14,17-18,25-27,40-41H,15-16H2,1-4H3,(H,34,37)(H,35,39)(H,36,38)/t25-,26-,27-/m0/s1. The van der Waals surface area contributed by atoms with Gasteiger partial charge in [-0.15, -0.1) is 0 Å². The number of hydrogen-bond donors (Lipinski definition) is 5. The van der Waals surface area contributed by atoms with Crippen LogP contribution in [0.25, 0.3) is 0 Å². The largest absolute Gasteiger partial charge is 0.497 e. The van der Waals surface area contributed by atoms with Crippen molar-refractivity contribution in [1.29, 1.82) is 0 Å². The number of nitrogens with one attached hydrogen (secondary N) is 3. The van der Waals surface area contributed by atoms with E-state index in [0.717, 1.165) is 11.1 Å². The average molecular weight is 655 g/mol. The van der Waals surface area contributed by atoms with Gasteiger partial charge in [0.15, 0.2) is 0 Å². The molecule has 0 unspecified atom stereocenters. The Bertz CT molecular complexity index is 1370. The molecule has 3 rings (SSSR count). The summed E-state index contributed by atoms with van der Waals surface area (Å²) in [6.45, 7) is 3.50. The number of benzene rings is 2. The molecular formula is C30H36BBrN4O7. The number of nitrogens with zero attached hydrogens (tertiary/aromatic N) is 1. The lowest BCUT2D eigenvalue weighted by atomic mass is 9.75. The first-order chi connectivity index (χ1) is 20.5. The Morgan fingerprint density at radius 2 is 1.40 bits per heavy atom. The molecule has 228 valence electrons. The van der Waals surface area contributed by atoms with Crippen molar-refractivity contribution in [3.05, 3.63) is 88.2 Å². The minimum Gasteiger partial charge on any atom is -0.497 e. The van der Waals surface area contributed by atoms with E-state index in [4.69, 9.17) is 9.47 Å². The predicted octanol–water partition coefficient (Wildman–Crippen LogP) is 2.08. The lowest BCUT2D eigenvalue weighted by Gasteiger charge is -2.27. The lowest BCUT2D eigenvalue weighted by Crippen LogP contribution is -2.59. The fourth-order valence-corrected chi connectivity index (χ4v) is 4.61. The zero-order chi connectivity index (χ0) is 31.5. The van der Waals surface area contributed by atoms with Gasteiger partial charge in [-0.05, 0) is 59.9 Å². The number of hydrogen-bond acceptors (Lipinski definition) is 8. The molecule has 0 aliphatic carbocycles. The molecule has 3 aromatic rings. The number of carbonyl (C=O) groups excluding carboxylic acids is 3. The van der Waals surface area contributed by atoms with Crippen molar-refractivity contribution in [1.82, 2.24) is 20.9 Å². The van der Waals surface area contributed by atoms with Crippen LogP contribution < -0.4 is 25.4 Å². The summed E-state index contributed by atoms with van der Waals surface area (Å²) in [7, 11) is 1.24. The fraction of sp³-hybridized carbons (Fsp3) is 0.333. The molecule has 0 radical (unpaired) electrons. The van der Waals surface area contributed by atoms with Crippen molar-refractivity contribution in [2.75, 3.05) is 14.2 Å². The maximum absolute atomic E-state index is 13.6. The third kappa shape index (κ3) is 10.1. The van der Waals surface area contributed by atoms with Crippen LogP contribution in [0.2, 0.25) is 0 Å². The second-order valence-electron chi connectivity index (χ2n) is 10.2. The highest BCUT2D eigenvalue weighted by Gasteiger charge is 2.33. The van der Waals surface area contributed by atoms with E-state index >= 15 is 0 Å². The normalized spacial score (nSPS) is 12.9. The van der Waals surface area contributed by atoms with Gasteiger partial charge in [0.05, 0.1) is 20.2 Å². The minimum atomic E-state index is -1.85. The van der Waals surface area contributed by atoms with E-state index in [1.165, 1.54) is 12.3 Å². The third-order valence-corrected chi connectivity index (χ3v) is 7.22. The van der Waals surface area contributed by atoms with Crippen LogP contribution in [0.15, 0.2) is 71.3 Å². The van der Waals surface area contributed by atoms with E-state index in [0.29, 0.717) is 16.0 Å². The smallest absolute Gasteiger partial charge is 0.475 e. The maximum atomic E-state index is 13.6. The molecule has 2 aromatic carbocycles.